The van der Waals surface area contributed by atoms with E-state index in [1.165, 1.54) is 0 Å². The summed E-state index contributed by atoms with van der Waals surface area (Å²) in [4.78, 5) is 11.1. The molecule has 0 aliphatic rings. The summed E-state index contributed by atoms with van der Waals surface area (Å²) in [6.07, 6.45) is -0.0679. The van der Waals surface area contributed by atoms with Crippen molar-refractivity contribution >= 4 is 27.9 Å². The first kappa shape index (κ1) is 16.5. The average Bonchev–Trinajstić information content (AvgIpc) is 2.10. The molecule has 0 aliphatic carbocycles. The Labute approximate surface area is 107 Å². The molecule has 0 fully saturated rings. The Morgan fingerprint density at radius 3 is 2.41 bits per heavy atom. The van der Waals surface area contributed by atoms with E-state index < -0.39 is 16.3 Å². The standard InChI is InChI=1S/C9H19ClN2O4S/c1-7(2)16-9(13)12-17(14,15)11-8(3)5-4-6-10/h7-8,11H,4-6H2,1-3H3,(H,12,13). The average molecular weight is 287 g/mol. The first-order chi connectivity index (χ1) is 7.76. The maximum Gasteiger partial charge on any atom is 0.422 e. The van der Waals surface area contributed by atoms with Crippen LogP contribution in [0.2, 0.25) is 0 Å². The van der Waals surface area contributed by atoms with Gasteiger partial charge in [0.1, 0.15) is 0 Å². The van der Waals surface area contributed by atoms with Crippen LogP contribution in [0.15, 0.2) is 0 Å². The number of hydrogen-bond acceptors (Lipinski definition) is 4. The fourth-order valence-electron chi connectivity index (χ4n) is 1.08. The van der Waals surface area contributed by atoms with Crippen LogP contribution in [0.1, 0.15) is 33.6 Å². The van der Waals surface area contributed by atoms with Crippen molar-refractivity contribution in [1.82, 2.24) is 9.44 Å². The molecular weight excluding hydrogens is 268 g/mol. The van der Waals surface area contributed by atoms with E-state index in [4.69, 9.17) is 11.6 Å². The molecule has 0 rings (SSSR count). The van der Waals surface area contributed by atoms with Crippen molar-refractivity contribution in [3.63, 3.8) is 0 Å². The first-order valence-electron chi connectivity index (χ1n) is 5.33. The van der Waals surface area contributed by atoms with Crippen LogP contribution in [0.4, 0.5) is 4.79 Å². The minimum Gasteiger partial charge on any atom is -0.446 e. The largest absolute Gasteiger partial charge is 0.446 e. The summed E-state index contributed by atoms with van der Waals surface area (Å²) in [6.45, 7) is 4.95. The van der Waals surface area contributed by atoms with Gasteiger partial charge in [-0.25, -0.2) is 9.52 Å². The maximum atomic E-state index is 11.4. The van der Waals surface area contributed by atoms with Crippen LogP contribution in [0, 0.1) is 0 Å². The van der Waals surface area contributed by atoms with E-state index in [0.717, 1.165) is 0 Å². The van der Waals surface area contributed by atoms with Crippen molar-refractivity contribution in [2.24, 2.45) is 0 Å². The third kappa shape index (κ3) is 9.20. The number of carbonyl (C=O) groups excluding carboxylic acids is 1. The molecule has 0 aromatic heterocycles. The fourth-order valence-corrected chi connectivity index (χ4v) is 2.21. The predicted molar refractivity (Wildman–Crippen MR) is 66.2 cm³/mol. The molecular formula is C9H19ClN2O4S. The lowest BCUT2D eigenvalue weighted by Crippen LogP contribution is -2.44. The normalized spacial score (nSPS) is 13.5. The molecule has 8 heteroatoms. The molecule has 0 saturated heterocycles. The van der Waals surface area contributed by atoms with Gasteiger partial charge < -0.3 is 4.74 Å². The SMILES string of the molecule is CC(CCCCl)NS(=O)(=O)NC(=O)OC(C)C. The highest BCUT2D eigenvalue weighted by Crippen LogP contribution is 1.99. The lowest BCUT2D eigenvalue weighted by molar-refractivity contribution is 0.121. The molecule has 0 heterocycles. The van der Waals surface area contributed by atoms with Crippen LogP contribution in [-0.2, 0) is 14.9 Å². The summed E-state index contributed by atoms with van der Waals surface area (Å²) in [7, 11) is -3.87. The minimum absolute atomic E-state index is 0.293. The van der Waals surface area contributed by atoms with E-state index in [0.29, 0.717) is 18.7 Å². The summed E-state index contributed by atoms with van der Waals surface area (Å²) in [5, 5.41) is 0. The molecule has 0 aromatic carbocycles. The smallest absolute Gasteiger partial charge is 0.422 e. The number of carbonyl (C=O) groups is 1. The number of alkyl halides is 1. The van der Waals surface area contributed by atoms with Crippen LogP contribution < -0.4 is 9.44 Å². The predicted octanol–water partition coefficient (Wildman–Crippen LogP) is 1.36. The van der Waals surface area contributed by atoms with Gasteiger partial charge in [0.25, 0.3) is 0 Å². The van der Waals surface area contributed by atoms with Gasteiger partial charge in [-0.1, -0.05) is 0 Å². The fraction of sp³-hybridized carbons (Fsp3) is 0.889. The van der Waals surface area contributed by atoms with Gasteiger partial charge in [0.05, 0.1) is 6.10 Å². The molecule has 0 spiro atoms. The van der Waals surface area contributed by atoms with Gasteiger partial charge in [0, 0.05) is 11.9 Å². The Morgan fingerprint density at radius 1 is 1.35 bits per heavy atom. The zero-order chi connectivity index (χ0) is 13.5. The second-order valence-corrected chi connectivity index (χ2v) is 5.73. The molecule has 0 radical (unpaired) electrons. The summed E-state index contributed by atoms with van der Waals surface area (Å²) < 4.78 is 31.6. The molecule has 0 saturated carbocycles. The van der Waals surface area contributed by atoms with Crippen molar-refractivity contribution in [2.75, 3.05) is 5.88 Å². The van der Waals surface area contributed by atoms with Gasteiger partial charge in [-0.15, -0.1) is 11.6 Å². The van der Waals surface area contributed by atoms with Crippen molar-refractivity contribution < 1.29 is 17.9 Å². The lowest BCUT2D eigenvalue weighted by Gasteiger charge is -2.14. The molecule has 1 unspecified atom stereocenters. The quantitative estimate of drug-likeness (QED) is 0.692. The number of rotatable bonds is 7. The van der Waals surface area contributed by atoms with Gasteiger partial charge in [0.2, 0.25) is 0 Å². The zero-order valence-electron chi connectivity index (χ0n) is 10.2. The molecule has 1 amide bonds. The van der Waals surface area contributed by atoms with Crippen molar-refractivity contribution in [3.05, 3.63) is 0 Å². The van der Waals surface area contributed by atoms with Crippen LogP contribution in [0.3, 0.4) is 0 Å². The van der Waals surface area contributed by atoms with Crippen LogP contribution in [0.25, 0.3) is 0 Å². The van der Waals surface area contributed by atoms with E-state index in [1.54, 1.807) is 25.5 Å². The molecule has 2 N–H and O–H groups in total. The molecule has 0 aliphatic heterocycles. The highest BCUT2D eigenvalue weighted by atomic mass is 35.5. The van der Waals surface area contributed by atoms with Gasteiger partial charge in [-0.2, -0.15) is 13.1 Å². The van der Waals surface area contributed by atoms with Crippen LogP contribution >= 0.6 is 11.6 Å². The highest BCUT2D eigenvalue weighted by Gasteiger charge is 2.18. The molecule has 0 aromatic rings. The van der Waals surface area contributed by atoms with Gasteiger partial charge in [-0.3, -0.25) is 0 Å². The Hall–Kier alpha value is -0.530. The molecule has 17 heavy (non-hydrogen) atoms. The Bertz CT molecular complexity index is 332. The second kappa shape index (κ2) is 7.73. The van der Waals surface area contributed by atoms with Crippen LogP contribution in [-0.4, -0.2) is 32.5 Å². The van der Waals surface area contributed by atoms with Crippen molar-refractivity contribution in [1.29, 1.82) is 0 Å². The van der Waals surface area contributed by atoms with E-state index in [1.807, 2.05) is 0 Å². The van der Waals surface area contributed by atoms with Gasteiger partial charge in [0.15, 0.2) is 0 Å². The highest BCUT2D eigenvalue weighted by molar-refractivity contribution is 7.88. The first-order valence-corrected chi connectivity index (χ1v) is 7.35. The number of amides is 1. The Morgan fingerprint density at radius 2 is 1.94 bits per heavy atom. The molecule has 6 nitrogen and oxygen atoms in total. The van der Waals surface area contributed by atoms with Crippen LogP contribution in [0.5, 0.6) is 0 Å². The van der Waals surface area contributed by atoms with Crippen molar-refractivity contribution in [2.45, 2.75) is 45.8 Å². The third-order valence-electron chi connectivity index (χ3n) is 1.69. The monoisotopic (exact) mass is 286 g/mol. The van der Waals surface area contributed by atoms with Gasteiger partial charge in [-0.05, 0) is 33.6 Å². The third-order valence-corrected chi connectivity index (χ3v) is 3.10. The van der Waals surface area contributed by atoms with E-state index in [9.17, 15) is 13.2 Å². The summed E-state index contributed by atoms with van der Waals surface area (Å²) in [6, 6.07) is -0.293. The second-order valence-electron chi connectivity index (χ2n) is 3.91. The van der Waals surface area contributed by atoms with E-state index in [2.05, 4.69) is 9.46 Å². The topological polar surface area (TPSA) is 84.5 Å². The van der Waals surface area contributed by atoms with Crippen molar-refractivity contribution in [3.8, 4) is 0 Å². The molecule has 102 valence electrons. The summed E-state index contributed by atoms with van der Waals surface area (Å²) in [5.41, 5.74) is 0. The Balaban J connectivity index is 4.15. The number of ether oxygens (including phenoxy) is 1. The number of nitrogens with one attached hydrogen (secondary N) is 2. The van der Waals surface area contributed by atoms with E-state index in [-0.39, 0.29) is 12.1 Å². The number of halogens is 1. The Kier molecular flexibility index (Phi) is 7.49. The lowest BCUT2D eigenvalue weighted by atomic mass is 10.2. The maximum absolute atomic E-state index is 11.4. The number of hydrogen-bond donors (Lipinski definition) is 2. The summed E-state index contributed by atoms with van der Waals surface area (Å²) in [5.74, 6) is 0.467. The molecule has 1 atom stereocenters. The summed E-state index contributed by atoms with van der Waals surface area (Å²) >= 11 is 5.49. The minimum atomic E-state index is -3.87. The molecule has 0 bridgehead atoms. The van der Waals surface area contributed by atoms with Gasteiger partial charge >= 0.3 is 16.3 Å². The van der Waals surface area contributed by atoms with E-state index >= 15 is 0 Å². The zero-order valence-corrected chi connectivity index (χ0v) is 11.8.